The van der Waals surface area contributed by atoms with Gasteiger partial charge in [-0.2, -0.15) is 13.2 Å². The number of carbonyl (C=O) groups is 3. The maximum Gasteiger partial charge on any atom is 0.422 e. The van der Waals surface area contributed by atoms with E-state index in [2.05, 4.69) is 10.3 Å². The summed E-state index contributed by atoms with van der Waals surface area (Å²) in [5.41, 5.74) is -2.29. The Morgan fingerprint density at radius 2 is 1.91 bits per heavy atom. The van der Waals surface area contributed by atoms with E-state index in [0.29, 0.717) is 11.6 Å². The number of amides is 4. The van der Waals surface area contributed by atoms with Gasteiger partial charge in [-0.05, 0) is 23.1 Å². The van der Waals surface area contributed by atoms with Crippen molar-refractivity contribution >= 4 is 46.1 Å². The summed E-state index contributed by atoms with van der Waals surface area (Å²) in [5.74, 6) is -5.22. The van der Waals surface area contributed by atoms with E-state index in [1.165, 1.54) is 29.1 Å². The molecule has 34 heavy (non-hydrogen) atoms. The van der Waals surface area contributed by atoms with Crippen molar-refractivity contribution in [3.8, 4) is 11.3 Å². The molecule has 0 radical (unpaired) electrons. The van der Waals surface area contributed by atoms with Crippen LogP contribution in [0.25, 0.3) is 11.3 Å². The number of nitrogens with zero attached hydrogens (tertiary/aromatic N) is 3. The lowest BCUT2D eigenvalue weighted by Gasteiger charge is -2.38. The fourth-order valence-electron chi connectivity index (χ4n) is 3.70. The molecule has 1 aromatic carbocycles. The number of thiazole rings is 1. The third kappa shape index (κ3) is 4.15. The molecule has 3 heterocycles. The Kier molecular flexibility index (Phi) is 6.14. The van der Waals surface area contributed by atoms with Crippen LogP contribution < -0.4 is 5.32 Å². The number of hydrogen-bond acceptors (Lipinski definition) is 6. The highest BCUT2D eigenvalue weighted by Gasteiger charge is 2.48. The van der Waals surface area contributed by atoms with E-state index >= 15 is 0 Å². The zero-order valence-corrected chi connectivity index (χ0v) is 19.1. The molecule has 2 aromatic rings. The first kappa shape index (κ1) is 24.1. The quantitative estimate of drug-likeness (QED) is 0.602. The standard InChI is InChI=1S/C20H15F5N4O3S2/c1-28-16(31)13-8(6-33-17(13)29(2)19(28)32)5-12(30)27-18-26-11(7-34-18)9-3-4-10(21)14(15(9)22)20(23,24)25/h3-4,6-7,13,17H,5H2,1-2H3,(H,26,27,30). The number of aromatic nitrogens is 1. The van der Waals surface area contributed by atoms with Crippen molar-refractivity contribution in [2.45, 2.75) is 18.0 Å². The van der Waals surface area contributed by atoms with Crippen molar-refractivity contribution in [1.29, 1.82) is 0 Å². The number of hydrogen-bond donors (Lipinski definition) is 1. The largest absolute Gasteiger partial charge is 0.422 e. The van der Waals surface area contributed by atoms with Gasteiger partial charge >= 0.3 is 12.2 Å². The first-order valence-electron chi connectivity index (χ1n) is 9.59. The van der Waals surface area contributed by atoms with Crippen LogP contribution in [0.3, 0.4) is 0 Å². The van der Waals surface area contributed by atoms with Gasteiger partial charge in [-0.1, -0.05) is 0 Å². The molecule has 180 valence electrons. The summed E-state index contributed by atoms with van der Waals surface area (Å²) in [6, 6.07) is 0.888. The van der Waals surface area contributed by atoms with Crippen LogP contribution in [0.5, 0.6) is 0 Å². The van der Waals surface area contributed by atoms with Crippen molar-refractivity contribution in [3.63, 3.8) is 0 Å². The molecule has 1 aromatic heterocycles. The number of imide groups is 1. The fraction of sp³-hybridized carbons (Fsp3) is 0.300. The normalized spacial score (nSPS) is 20.5. The van der Waals surface area contributed by atoms with Crippen LogP contribution in [0, 0.1) is 17.6 Å². The maximum atomic E-state index is 14.4. The molecule has 1 fully saturated rings. The van der Waals surface area contributed by atoms with Crippen LogP contribution in [-0.2, 0) is 15.8 Å². The van der Waals surface area contributed by atoms with Gasteiger partial charge in [0.2, 0.25) is 11.8 Å². The molecule has 4 rings (SSSR count). The van der Waals surface area contributed by atoms with Crippen LogP contribution >= 0.6 is 23.1 Å². The minimum Gasteiger partial charge on any atom is -0.314 e. The van der Waals surface area contributed by atoms with Crippen molar-refractivity contribution in [2.75, 3.05) is 19.4 Å². The summed E-state index contributed by atoms with van der Waals surface area (Å²) >= 11 is 2.09. The molecule has 14 heteroatoms. The van der Waals surface area contributed by atoms with Gasteiger partial charge in [0.1, 0.15) is 17.2 Å². The summed E-state index contributed by atoms with van der Waals surface area (Å²) in [6.45, 7) is 0. The molecule has 1 saturated heterocycles. The minimum atomic E-state index is -5.23. The summed E-state index contributed by atoms with van der Waals surface area (Å²) in [6.07, 6.45) is -5.42. The number of benzene rings is 1. The smallest absolute Gasteiger partial charge is 0.314 e. The van der Waals surface area contributed by atoms with E-state index in [4.69, 9.17) is 0 Å². The number of anilines is 1. The molecular weight excluding hydrogens is 503 g/mol. The van der Waals surface area contributed by atoms with E-state index in [1.54, 1.807) is 12.5 Å². The Hall–Kier alpha value is -3.00. The molecule has 0 aliphatic carbocycles. The molecule has 0 bridgehead atoms. The Morgan fingerprint density at radius 1 is 1.21 bits per heavy atom. The minimum absolute atomic E-state index is 0.0144. The van der Waals surface area contributed by atoms with Gasteiger partial charge in [0.25, 0.3) is 0 Å². The topological polar surface area (TPSA) is 82.6 Å². The van der Waals surface area contributed by atoms with Gasteiger partial charge in [0, 0.05) is 31.5 Å². The number of carbonyl (C=O) groups excluding carboxylic acids is 3. The Bertz CT molecular complexity index is 1230. The van der Waals surface area contributed by atoms with Gasteiger partial charge in [-0.15, -0.1) is 23.1 Å². The lowest BCUT2D eigenvalue weighted by Crippen LogP contribution is -2.57. The lowest BCUT2D eigenvalue weighted by molar-refractivity contribution is -0.142. The summed E-state index contributed by atoms with van der Waals surface area (Å²) in [5, 5.41) is 4.87. The van der Waals surface area contributed by atoms with Gasteiger partial charge in [0.15, 0.2) is 5.13 Å². The molecule has 1 N–H and O–H groups in total. The fourth-order valence-corrected chi connectivity index (χ4v) is 5.69. The van der Waals surface area contributed by atoms with Crippen molar-refractivity contribution < 1.29 is 36.3 Å². The van der Waals surface area contributed by atoms with E-state index in [9.17, 15) is 36.3 Å². The molecule has 2 aliphatic rings. The first-order valence-corrected chi connectivity index (χ1v) is 11.4. The van der Waals surface area contributed by atoms with Crippen LogP contribution in [0.15, 0.2) is 28.5 Å². The molecule has 0 spiro atoms. The number of thioether (sulfide) groups is 1. The first-order chi connectivity index (χ1) is 15.9. The molecule has 2 aliphatic heterocycles. The Balaban J connectivity index is 1.48. The van der Waals surface area contributed by atoms with E-state index in [0.717, 1.165) is 22.3 Å². The molecule has 2 unspecified atom stereocenters. The van der Waals surface area contributed by atoms with E-state index in [-0.39, 0.29) is 17.2 Å². The van der Waals surface area contributed by atoms with Crippen LogP contribution in [-0.4, -0.2) is 52.1 Å². The lowest BCUT2D eigenvalue weighted by atomic mass is 9.94. The molecule has 0 saturated carbocycles. The average Bonchev–Trinajstić information content (AvgIpc) is 3.37. The van der Waals surface area contributed by atoms with Crippen molar-refractivity contribution in [1.82, 2.24) is 14.8 Å². The zero-order valence-electron chi connectivity index (χ0n) is 17.4. The van der Waals surface area contributed by atoms with Gasteiger partial charge in [0.05, 0.1) is 17.0 Å². The second kappa shape index (κ2) is 8.65. The number of rotatable bonds is 4. The number of halogens is 5. The number of fused-ring (bicyclic) bond motifs is 1. The predicted molar refractivity (Wildman–Crippen MR) is 115 cm³/mol. The van der Waals surface area contributed by atoms with Crippen LogP contribution in [0.4, 0.5) is 31.9 Å². The zero-order chi connectivity index (χ0) is 24.9. The van der Waals surface area contributed by atoms with Crippen molar-refractivity contribution in [2.24, 2.45) is 5.92 Å². The van der Waals surface area contributed by atoms with E-state index < -0.39 is 58.1 Å². The third-order valence-corrected chi connectivity index (χ3v) is 7.44. The van der Waals surface area contributed by atoms with Gasteiger partial charge in [-0.25, -0.2) is 18.6 Å². The number of nitrogens with one attached hydrogen (secondary N) is 1. The number of alkyl halides is 3. The highest BCUT2D eigenvalue weighted by molar-refractivity contribution is 8.03. The second-order valence-corrected chi connectivity index (χ2v) is 9.38. The van der Waals surface area contributed by atoms with Gasteiger partial charge < -0.3 is 10.2 Å². The molecule has 7 nitrogen and oxygen atoms in total. The number of urea groups is 1. The second-order valence-electron chi connectivity index (χ2n) is 7.53. The molecule has 2 atom stereocenters. The predicted octanol–water partition coefficient (Wildman–Crippen LogP) is 4.53. The maximum absolute atomic E-state index is 14.4. The monoisotopic (exact) mass is 518 g/mol. The highest BCUT2D eigenvalue weighted by atomic mass is 32.2. The Labute approximate surface area is 197 Å². The molecule has 4 amide bonds. The highest BCUT2D eigenvalue weighted by Crippen LogP contribution is 2.43. The Morgan fingerprint density at radius 3 is 2.59 bits per heavy atom. The van der Waals surface area contributed by atoms with Crippen LogP contribution in [0.2, 0.25) is 0 Å². The van der Waals surface area contributed by atoms with Crippen molar-refractivity contribution in [3.05, 3.63) is 45.7 Å². The summed E-state index contributed by atoms with van der Waals surface area (Å²) in [4.78, 5) is 43.5. The summed E-state index contributed by atoms with van der Waals surface area (Å²) < 4.78 is 66.9. The van der Waals surface area contributed by atoms with Gasteiger partial charge in [-0.3, -0.25) is 14.5 Å². The van der Waals surface area contributed by atoms with E-state index in [1.807, 2.05) is 0 Å². The summed E-state index contributed by atoms with van der Waals surface area (Å²) in [7, 11) is 2.91. The third-order valence-electron chi connectivity index (χ3n) is 5.38. The molecular formula is C20H15F5N4O3S2. The average molecular weight is 518 g/mol. The van der Waals surface area contributed by atoms with Crippen LogP contribution in [0.1, 0.15) is 12.0 Å². The SMILES string of the molecule is CN1C(=O)C2C(CC(=O)Nc3nc(-c4ccc(F)c(C(F)(F)F)c4F)cs3)=CSC2N(C)C1=O.